The second-order valence-corrected chi connectivity index (χ2v) is 5.23. The van der Waals surface area contributed by atoms with Crippen LogP contribution in [0.1, 0.15) is 31.1 Å². The average molecular weight is 255 g/mol. The van der Waals surface area contributed by atoms with E-state index in [0.717, 1.165) is 18.7 Å². The van der Waals surface area contributed by atoms with Gasteiger partial charge in [0.25, 0.3) is 0 Å². The van der Waals surface area contributed by atoms with Crippen LogP contribution in [0.3, 0.4) is 0 Å². The highest BCUT2D eigenvalue weighted by Gasteiger charge is 2.47. The summed E-state index contributed by atoms with van der Waals surface area (Å²) in [6, 6.07) is 0.0595. The third-order valence-corrected chi connectivity index (χ3v) is 3.93. The van der Waals surface area contributed by atoms with E-state index in [0.29, 0.717) is 17.6 Å². The van der Waals surface area contributed by atoms with Gasteiger partial charge in [-0.15, -0.1) is 0 Å². The number of hydrogen-bond donors (Lipinski definition) is 1. The summed E-state index contributed by atoms with van der Waals surface area (Å²) in [4.78, 5) is 18.1. The Hall–Kier alpha value is -1.07. The number of likely N-dealkylation sites (tertiary alicyclic amines) is 1. The lowest BCUT2D eigenvalue weighted by molar-refractivity contribution is -0.129. The standard InChI is InChI=1S/C11H15ClN4O/c1-15-8(12)5-14-11(15)10-7(13)4-9(17)16(10)6-2-3-6/h5-7,10H,2-4,13H2,1H3. The van der Waals surface area contributed by atoms with Gasteiger partial charge in [-0.3, -0.25) is 4.79 Å². The van der Waals surface area contributed by atoms with Crippen LogP contribution in [0.4, 0.5) is 0 Å². The number of carbonyl (C=O) groups excluding carboxylic acids is 1. The van der Waals surface area contributed by atoms with Gasteiger partial charge in [-0.25, -0.2) is 4.98 Å². The first kappa shape index (κ1) is 11.0. The van der Waals surface area contributed by atoms with Gasteiger partial charge in [-0.1, -0.05) is 11.6 Å². The topological polar surface area (TPSA) is 64.2 Å². The van der Waals surface area contributed by atoms with Crippen molar-refractivity contribution < 1.29 is 4.79 Å². The van der Waals surface area contributed by atoms with Crippen LogP contribution in [0, 0.1) is 0 Å². The summed E-state index contributed by atoms with van der Waals surface area (Å²) in [7, 11) is 1.85. The normalized spacial score (nSPS) is 29.1. The zero-order valence-electron chi connectivity index (χ0n) is 9.64. The first-order valence-electron chi connectivity index (χ1n) is 5.83. The van der Waals surface area contributed by atoms with E-state index in [4.69, 9.17) is 17.3 Å². The van der Waals surface area contributed by atoms with Gasteiger partial charge in [0.15, 0.2) is 0 Å². The van der Waals surface area contributed by atoms with E-state index in [1.807, 2.05) is 11.9 Å². The molecule has 1 aromatic rings. The molecule has 2 heterocycles. The minimum atomic E-state index is -0.180. The van der Waals surface area contributed by atoms with Crippen molar-refractivity contribution in [1.82, 2.24) is 14.5 Å². The molecule has 2 atom stereocenters. The predicted octanol–water partition coefficient (Wildman–Crippen LogP) is 0.837. The Morgan fingerprint density at radius 3 is 2.76 bits per heavy atom. The monoisotopic (exact) mass is 254 g/mol. The second-order valence-electron chi connectivity index (χ2n) is 4.84. The molecule has 2 unspecified atom stereocenters. The maximum absolute atomic E-state index is 11.9. The third-order valence-electron chi connectivity index (χ3n) is 3.58. The first-order valence-corrected chi connectivity index (χ1v) is 6.21. The number of nitrogens with zero attached hydrogens (tertiary/aromatic N) is 3. The first-order chi connectivity index (χ1) is 8.09. The predicted molar refractivity (Wildman–Crippen MR) is 63.4 cm³/mol. The molecule has 2 fully saturated rings. The molecular formula is C11H15ClN4O. The molecule has 2 N–H and O–H groups in total. The molecule has 0 aromatic carbocycles. The Balaban J connectivity index is 1.99. The molecule has 2 aliphatic rings. The second kappa shape index (κ2) is 3.71. The Morgan fingerprint density at radius 2 is 2.24 bits per heavy atom. The van der Waals surface area contributed by atoms with Gasteiger partial charge in [0, 0.05) is 25.6 Å². The number of hydrogen-bond acceptors (Lipinski definition) is 3. The Labute approximate surface area is 105 Å². The summed E-state index contributed by atoms with van der Waals surface area (Å²) >= 11 is 5.99. The molecule has 92 valence electrons. The van der Waals surface area contributed by atoms with Crippen molar-refractivity contribution in [1.29, 1.82) is 0 Å². The third kappa shape index (κ3) is 1.65. The fraction of sp³-hybridized carbons (Fsp3) is 0.636. The van der Waals surface area contributed by atoms with Crippen LogP contribution in [0.15, 0.2) is 6.20 Å². The zero-order chi connectivity index (χ0) is 12.2. The molecule has 1 aromatic heterocycles. The molecule has 1 saturated carbocycles. The van der Waals surface area contributed by atoms with Crippen molar-refractivity contribution in [3.05, 3.63) is 17.2 Å². The molecule has 0 spiro atoms. The van der Waals surface area contributed by atoms with Crippen LogP contribution in [0.25, 0.3) is 0 Å². The highest BCUT2D eigenvalue weighted by molar-refractivity contribution is 6.29. The number of carbonyl (C=O) groups is 1. The molecule has 0 radical (unpaired) electrons. The molecule has 6 heteroatoms. The van der Waals surface area contributed by atoms with Crippen LogP contribution >= 0.6 is 11.6 Å². The van der Waals surface area contributed by atoms with Crippen LogP contribution in [-0.4, -0.2) is 32.4 Å². The quantitative estimate of drug-likeness (QED) is 0.851. The van der Waals surface area contributed by atoms with E-state index in [9.17, 15) is 4.79 Å². The minimum Gasteiger partial charge on any atom is -0.328 e. The van der Waals surface area contributed by atoms with Gasteiger partial charge < -0.3 is 15.2 Å². The fourth-order valence-corrected chi connectivity index (χ4v) is 2.69. The summed E-state index contributed by atoms with van der Waals surface area (Å²) in [5, 5.41) is 0.572. The van der Waals surface area contributed by atoms with E-state index in [1.54, 1.807) is 10.8 Å². The summed E-state index contributed by atoms with van der Waals surface area (Å²) in [6.07, 6.45) is 4.17. The van der Waals surface area contributed by atoms with Gasteiger partial charge >= 0.3 is 0 Å². The van der Waals surface area contributed by atoms with E-state index in [2.05, 4.69) is 4.98 Å². The summed E-state index contributed by atoms with van der Waals surface area (Å²) in [5.41, 5.74) is 6.08. The molecule has 3 rings (SSSR count). The molecule has 0 bridgehead atoms. The van der Waals surface area contributed by atoms with Crippen molar-refractivity contribution in [2.45, 2.75) is 37.4 Å². The average Bonchev–Trinajstić information content (AvgIpc) is 3.00. The largest absolute Gasteiger partial charge is 0.328 e. The number of imidazole rings is 1. The zero-order valence-corrected chi connectivity index (χ0v) is 10.4. The van der Waals surface area contributed by atoms with Gasteiger partial charge in [0.05, 0.1) is 6.20 Å². The van der Waals surface area contributed by atoms with Gasteiger partial charge in [-0.2, -0.15) is 0 Å². The van der Waals surface area contributed by atoms with Crippen molar-refractivity contribution in [2.75, 3.05) is 0 Å². The SMILES string of the molecule is Cn1c(Cl)cnc1C1C(N)CC(=O)N1C1CC1. The maximum atomic E-state index is 11.9. The highest BCUT2D eigenvalue weighted by atomic mass is 35.5. The minimum absolute atomic E-state index is 0.118. The van der Waals surface area contributed by atoms with E-state index < -0.39 is 0 Å². The fourth-order valence-electron chi connectivity index (χ4n) is 2.56. The molecule has 17 heavy (non-hydrogen) atoms. The Kier molecular flexibility index (Phi) is 2.41. The van der Waals surface area contributed by atoms with Crippen molar-refractivity contribution in [3.63, 3.8) is 0 Å². The summed E-state index contributed by atoms with van der Waals surface area (Å²) < 4.78 is 1.81. The molecule has 1 amide bonds. The molecule has 1 aliphatic carbocycles. The number of halogens is 1. The van der Waals surface area contributed by atoms with E-state index in [1.165, 1.54) is 0 Å². The Morgan fingerprint density at radius 1 is 1.53 bits per heavy atom. The molecule has 5 nitrogen and oxygen atoms in total. The number of nitrogens with two attached hydrogens (primary N) is 1. The van der Waals surface area contributed by atoms with Crippen LogP contribution in [0.5, 0.6) is 0 Å². The van der Waals surface area contributed by atoms with Gasteiger partial charge in [0.1, 0.15) is 17.0 Å². The highest BCUT2D eigenvalue weighted by Crippen LogP contribution is 2.40. The van der Waals surface area contributed by atoms with Gasteiger partial charge in [-0.05, 0) is 12.8 Å². The number of rotatable bonds is 2. The lowest BCUT2D eigenvalue weighted by Gasteiger charge is -2.26. The van der Waals surface area contributed by atoms with Crippen LogP contribution in [-0.2, 0) is 11.8 Å². The van der Waals surface area contributed by atoms with Crippen LogP contribution < -0.4 is 5.73 Å². The maximum Gasteiger partial charge on any atom is 0.225 e. The van der Waals surface area contributed by atoms with Crippen molar-refractivity contribution >= 4 is 17.5 Å². The van der Waals surface area contributed by atoms with Crippen molar-refractivity contribution in [3.8, 4) is 0 Å². The molecule has 1 saturated heterocycles. The lowest BCUT2D eigenvalue weighted by Crippen LogP contribution is -2.36. The number of aromatic nitrogens is 2. The molecule has 1 aliphatic heterocycles. The summed E-state index contributed by atoms with van der Waals surface area (Å²) in [5.74, 6) is 0.935. The van der Waals surface area contributed by atoms with E-state index in [-0.39, 0.29) is 18.0 Å². The molecular weight excluding hydrogens is 240 g/mol. The van der Waals surface area contributed by atoms with Crippen LogP contribution in [0.2, 0.25) is 5.15 Å². The number of amides is 1. The van der Waals surface area contributed by atoms with Gasteiger partial charge in [0.2, 0.25) is 5.91 Å². The summed E-state index contributed by atoms with van der Waals surface area (Å²) in [6.45, 7) is 0. The lowest BCUT2D eigenvalue weighted by atomic mass is 10.1. The Bertz CT molecular complexity index is 468. The smallest absolute Gasteiger partial charge is 0.225 e. The van der Waals surface area contributed by atoms with Crippen molar-refractivity contribution in [2.24, 2.45) is 12.8 Å². The van der Waals surface area contributed by atoms with E-state index >= 15 is 0 Å².